The molecule has 1 aliphatic rings. The number of likely N-dealkylation sites (N-methyl/N-ethyl adjacent to an activating group) is 1. The van der Waals surface area contributed by atoms with Crippen molar-refractivity contribution in [3.63, 3.8) is 0 Å². The van der Waals surface area contributed by atoms with Crippen LogP contribution in [0.15, 0.2) is 48.5 Å². The van der Waals surface area contributed by atoms with Gasteiger partial charge in [-0.15, -0.1) is 0 Å². The zero-order chi connectivity index (χ0) is 25.4. The van der Waals surface area contributed by atoms with Crippen molar-refractivity contribution in [2.75, 3.05) is 45.1 Å². The molecule has 0 bridgehead atoms. The van der Waals surface area contributed by atoms with Gasteiger partial charge < -0.3 is 15.1 Å². The molecule has 2 aromatic rings. The Balaban J connectivity index is 1.52. The molecular formula is C28H38N4O3. The number of hydrogen-bond donors (Lipinski definition) is 1. The van der Waals surface area contributed by atoms with E-state index in [0.717, 1.165) is 42.6 Å². The summed E-state index contributed by atoms with van der Waals surface area (Å²) in [4.78, 5) is 44.0. The molecule has 1 saturated heterocycles. The first-order valence-corrected chi connectivity index (χ1v) is 12.5. The summed E-state index contributed by atoms with van der Waals surface area (Å²) in [5.41, 5.74) is 3.52. The van der Waals surface area contributed by atoms with Gasteiger partial charge in [-0.2, -0.15) is 0 Å². The molecule has 0 atom stereocenters. The number of anilines is 1. The monoisotopic (exact) mass is 478 g/mol. The summed E-state index contributed by atoms with van der Waals surface area (Å²) in [7, 11) is 1.68. The zero-order valence-electron chi connectivity index (χ0n) is 21.4. The van der Waals surface area contributed by atoms with E-state index in [1.807, 2.05) is 67.3 Å². The molecule has 0 aromatic heterocycles. The SMILES string of the molecule is CCCN(CC(=O)N(C)CC(=O)Nc1c(C)cccc1C)C1CCN(C(=O)c2ccccc2)CC1. The molecule has 3 rings (SSSR count). The highest BCUT2D eigenvalue weighted by Gasteiger charge is 2.29. The Morgan fingerprint density at radius 1 is 0.943 bits per heavy atom. The third-order valence-electron chi connectivity index (χ3n) is 6.69. The van der Waals surface area contributed by atoms with Gasteiger partial charge in [-0.1, -0.05) is 43.3 Å². The molecule has 7 nitrogen and oxygen atoms in total. The average Bonchev–Trinajstić information content (AvgIpc) is 2.86. The van der Waals surface area contributed by atoms with Crippen LogP contribution in [0.3, 0.4) is 0 Å². The Labute approximate surface area is 209 Å². The summed E-state index contributed by atoms with van der Waals surface area (Å²) in [6.45, 7) is 8.48. The van der Waals surface area contributed by atoms with Crippen LogP contribution in [0.5, 0.6) is 0 Å². The van der Waals surface area contributed by atoms with Crippen LogP contribution in [-0.4, -0.2) is 78.2 Å². The molecule has 0 unspecified atom stereocenters. The number of piperidine rings is 1. The molecular weight excluding hydrogens is 440 g/mol. The number of likely N-dealkylation sites (tertiary alicyclic amines) is 1. The minimum absolute atomic E-state index is 0.0105. The highest BCUT2D eigenvalue weighted by molar-refractivity contribution is 5.96. The summed E-state index contributed by atoms with van der Waals surface area (Å²) < 4.78 is 0. The maximum Gasteiger partial charge on any atom is 0.253 e. The first-order valence-electron chi connectivity index (χ1n) is 12.5. The molecule has 0 saturated carbocycles. The van der Waals surface area contributed by atoms with Gasteiger partial charge in [0.05, 0.1) is 13.1 Å². The Kier molecular flexibility index (Phi) is 9.43. The van der Waals surface area contributed by atoms with Gasteiger partial charge >= 0.3 is 0 Å². The van der Waals surface area contributed by atoms with Crippen molar-refractivity contribution in [2.45, 2.75) is 46.1 Å². The van der Waals surface area contributed by atoms with Crippen LogP contribution in [0.1, 0.15) is 47.7 Å². The van der Waals surface area contributed by atoms with Crippen LogP contribution in [0.25, 0.3) is 0 Å². The molecule has 0 aliphatic carbocycles. The van der Waals surface area contributed by atoms with Crippen molar-refractivity contribution in [1.29, 1.82) is 0 Å². The number of amides is 3. The van der Waals surface area contributed by atoms with Crippen molar-refractivity contribution in [2.24, 2.45) is 0 Å². The highest BCUT2D eigenvalue weighted by Crippen LogP contribution is 2.20. The fourth-order valence-corrected chi connectivity index (χ4v) is 4.66. The van der Waals surface area contributed by atoms with Crippen molar-refractivity contribution in [3.8, 4) is 0 Å². The fraction of sp³-hybridized carbons (Fsp3) is 0.464. The van der Waals surface area contributed by atoms with Crippen LogP contribution in [0, 0.1) is 13.8 Å². The summed E-state index contributed by atoms with van der Waals surface area (Å²) in [6, 6.07) is 15.5. The van der Waals surface area contributed by atoms with Crippen LogP contribution >= 0.6 is 0 Å². The number of nitrogens with zero attached hydrogens (tertiary/aromatic N) is 3. The summed E-state index contributed by atoms with van der Waals surface area (Å²) in [5.74, 6) is -0.206. The number of nitrogens with one attached hydrogen (secondary N) is 1. The van der Waals surface area contributed by atoms with Crippen LogP contribution in [0.4, 0.5) is 5.69 Å². The van der Waals surface area contributed by atoms with E-state index in [9.17, 15) is 14.4 Å². The highest BCUT2D eigenvalue weighted by atomic mass is 16.2. The smallest absolute Gasteiger partial charge is 0.253 e. The lowest BCUT2D eigenvalue weighted by Crippen LogP contribution is -2.50. The van der Waals surface area contributed by atoms with E-state index in [0.29, 0.717) is 18.7 Å². The van der Waals surface area contributed by atoms with Crippen molar-refractivity contribution in [3.05, 3.63) is 65.2 Å². The number of para-hydroxylation sites is 1. The van der Waals surface area contributed by atoms with Gasteiger partial charge in [-0.3, -0.25) is 19.3 Å². The lowest BCUT2D eigenvalue weighted by molar-refractivity contribution is -0.135. The molecule has 2 aromatic carbocycles. The second kappa shape index (κ2) is 12.5. The van der Waals surface area contributed by atoms with Crippen LogP contribution in [-0.2, 0) is 9.59 Å². The minimum atomic E-state index is -0.201. The van der Waals surface area contributed by atoms with E-state index in [1.54, 1.807) is 7.05 Å². The maximum atomic E-state index is 13.0. The summed E-state index contributed by atoms with van der Waals surface area (Å²) in [6.07, 6.45) is 2.61. The minimum Gasteiger partial charge on any atom is -0.339 e. The van der Waals surface area contributed by atoms with E-state index in [1.165, 1.54) is 4.90 Å². The van der Waals surface area contributed by atoms with Crippen LogP contribution in [0.2, 0.25) is 0 Å². The maximum absolute atomic E-state index is 13.0. The fourth-order valence-electron chi connectivity index (χ4n) is 4.66. The lowest BCUT2D eigenvalue weighted by atomic mass is 10.0. The quantitative estimate of drug-likeness (QED) is 0.596. The number of hydrogen-bond acceptors (Lipinski definition) is 4. The molecule has 1 aliphatic heterocycles. The number of carbonyl (C=O) groups is 3. The third-order valence-corrected chi connectivity index (χ3v) is 6.69. The van der Waals surface area contributed by atoms with Crippen molar-refractivity contribution >= 4 is 23.4 Å². The predicted octanol–water partition coefficient (Wildman–Crippen LogP) is 3.72. The first kappa shape index (κ1) is 26.4. The first-order chi connectivity index (χ1) is 16.8. The molecule has 35 heavy (non-hydrogen) atoms. The summed E-state index contributed by atoms with van der Waals surface area (Å²) in [5, 5.41) is 2.95. The predicted molar refractivity (Wildman–Crippen MR) is 139 cm³/mol. The molecule has 7 heteroatoms. The van der Waals surface area contributed by atoms with Gasteiger partial charge in [0.1, 0.15) is 0 Å². The summed E-state index contributed by atoms with van der Waals surface area (Å²) >= 11 is 0. The van der Waals surface area contributed by atoms with Crippen molar-refractivity contribution < 1.29 is 14.4 Å². The van der Waals surface area contributed by atoms with E-state index >= 15 is 0 Å². The Bertz CT molecular complexity index is 996. The molecule has 0 radical (unpaired) electrons. The number of carbonyl (C=O) groups excluding carboxylic acids is 3. The Hall–Kier alpha value is -3.19. The van der Waals surface area contributed by atoms with E-state index in [4.69, 9.17) is 0 Å². The lowest BCUT2D eigenvalue weighted by Gasteiger charge is -2.38. The standard InChI is InChI=1S/C28H38N4O3/c1-5-16-32(24-14-17-31(18-15-24)28(35)23-12-7-6-8-13-23)20-26(34)30(4)19-25(33)29-27-21(2)10-9-11-22(27)3/h6-13,24H,5,14-20H2,1-4H3,(H,29,33). The molecule has 1 fully saturated rings. The van der Waals surface area contributed by atoms with Crippen molar-refractivity contribution in [1.82, 2.24) is 14.7 Å². The van der Waals surface area contributed by atoms with Gasteiger partial charge in [-0.25, -0.2) is 0 Å². The number of aryl methyl sites for hydroxylation is 2. The van der Waals surface area contributed by atoms with E-state index < -0.39 is 0 Å². The van der Waals surface area contributed by atoms with E-state index in [2.05, 4.69) is 17.1 Å². The van der Waals surface area contributed by atoms with Gasteiger partial charge in [0, 0.05) is 37.4 Å². The van der Waals surface area contributed by atoms with Gasteiger partial charge in [0.25, 0.3) is 5.91 Å². The van der Waals surface area contributed by atoms with Crippen LogP contribution < -0.4 is 5.32 Å². The largest absolute Gasteiger partial charge is 0.339 e. The Morgan fingerprint density at radius 2 is 1.57 bits per heavy atom. The van der Waals surface area contributed by atoms with Gasteiger partial charge in [0.15, 0.2) is 0 Å². The van der Waals surface area contributed by atoms with Gasteiger partial charge in [-0.05, 0) is 62.9 Å². The third kappa shape index (κ3) is 7.15. The topological polar surface area (TPSA) is 73.0 Å². The average molecular weight is 479 g/mol. The molecule has 0 spiro atoms. The second-order valence-electron chi connectivity index (χ2n) is 9.42. The molecule has 3 amide bonds. The zero-order valence-corrected chi connectivity index (χ0v) is 21.4. The number of rotatable bonds is 9. The molecule has 1 heterocycles. The molecule has 188 valence electrons. The second-order valence-corrected chi connectivity index (χ2v) is 9.42. The molecule has 1 N–H and O–H groups in total. The number of benzene rings is 2. The Morgan fingerprint density at radius 3 is 2.17 bits per heavy atom. The van der Waals surface area contributed by atoms with Gasteiger partial charge in [0.2, 0.25) is 11.8 Å². The normalized spacial score (nSPS) is 14.1. The van der Waals surface area contributed by atoms with E-state index in [-0.39, 0.29) is 36.9 Å².